The van der Waals surface area contributed by atoms with Gasteiger partial charge in [0, 0.05) is 28.2 Å². The van der Waals surface area contributed by atoms with Crippen LogP contribution in [0.25, 0.3) is 0 Å². The molecule has 0 bridgehead atoms. The van der Waals surface area contributed by atoms with Crippen LogP contribution in [0.15, 0.2) is 53.4 Å². The highest BCUT2D eigenvalue weighted by Crippen LogP contribution is 2.37. The number of alkyl halides is 1. The zero-order valence-electron chi connectivity index (χ0n) is 11.0. The number of nitro benzene ring substituents is 1. The fourth-order valence-electron chi connectivity index (χ4n) is 1.81. The molecule has 3 nitrogen and oxygen atoms in total. The van der Waals surface area contributed by atoms with E-state index >= 15 is 0 Å². The Labute approximate surface area is 127 Å². The molecule has 0 aliphatic rings. The van der Waals surface area contributed by atoms with Crippen molar-refractivity contribution in [1.29, 1.82) is 0 Å². The number of halogens is 1. The van der Waals surface area contributed by atoms with Gasteiger partial charge in [-0.25, -0.2) is 0 Å². The number of benzene rings is 2. The lowest BCUT2D eigenvalue weighted by atomic mass is 10.1. The number of hydrogen-bond acceptors (Lipinski definition) is 3. The highest BCUT2D eigenvalue weighted by molar-refractivity contribution is 7.99. The van der Waals surface area contributed by atoms with Crippen LogP contribution in [0.4, 0.5) is 5.69 Å². The molecule has 0 heterocycles. The van der Waals surface area contributed by atoms with E-state index in [1.165, 1.54) is 11.6 Å². The first-order chi connectivity index (χ1) is 9.60. The summed E-state index contributed by atoms with van der Waals surface area (Å²) < 4.78 is 0. The van der Waals surface area contributed by atoms with Gasteiger partial charge >= 0.3 is 0 Å². The van der Waals surface area contributed by atoms with Crippen molar-refractivity contribution in [3.63, 3.8) is 0 Å². The summed E-state index contributed by atoms with van der Waals surface area (Å²) >= 11 is 7.64. The van der Waals surface area contributed by atoms with E-state index in [1.54, 1.807) is 23.9 Å². The van der Waals surface area contributed by atoms with Gasteiger partial charge in [0.05, 0.1) is 4.92 Å². The average molecular weight is 308 g/mol. The Kier molecular flexibility index (Phi) is 5.04. The van der Waals surface area contributed by atoms with Crippen molar-refractivity contribution in [2.24, 2.45) is 0 Å². The van der Waals surface area contributed by atoms with Gasteiger partial charge in [0.2, 0.25) is 0 Å². The summed E-state index contributed by atoms with van der Waals surface area (Å²) in [7, 11) is 0. The van der Waals surface area contributed by atoms with Crippen LogP contribution in [0, 0.1) is 17.0 Å². The van der Waals surface area contributed by atoms with Gasteiger partial charge in [0.15, 0.2) is 0 Å². The van der Waals surface area contributed by atoms with Crippen LogP contribution < -0.4 is 0 Å². The molecule has 0 aromatic heterocycles. The van der Waals surface area contributed by atoms with Crippen LogP contribution in [-0.4, -0.2) is 10.8 Å². The van der Waals surface area contributed by atoms with Crippen LogP contribution in [0.2, 0.25) is 0 Å². The molecule has 0 spiro atoms. The van der Waals surface area contributed by atoms with Crippen molar-refractivity contribution >= 4 is 29.1 Å². The predicted octanol–water partition coefficient (Wildman–Crippen LogP) is 4.98. The average Bonchev–Trinajstić information content (AvgIpc) is 2.46. The largest absolute Gasteiger partial charge is 0.269 e. The summed E-state index contributed by atoms with van der Waals surface area (Å²) in [6.45, 7) is 2.04. The van der Waals surface area contributed by atoms with Gasteiger partial charge in [-0.2, -0.15) is 0 Å². The minimum Gasteiger partial charge on any atom is -0.258 e. The molecule has 20 heavy (non-hydrogen) atoms. The summed E-state index contributed by atoms with van der Waals surface area (Å²) in [5, 5.41) is 10.8. The van der Waals surface area contributed by atoms with Gasteiger partial charge in [-0.1, -0.05) is 29.8 Å². The summed E-state index contributed by atoms with van der Waals surface area (Å²) in [6.07, 6.45) is 0. The molecule has 2 aromatic carbocycles. The first kappa shape index (κ1) is 14.9. The monoisotopic (exact) mass is 307 g/mol. The van der Waals surface area contributed by atoms with Gasteiger partial charge in [-0.3, -0.25) is 10.1 Å². The zero-order valence-corrected chi connectivity index (χ0v) is 12.5. The predicted molar refractivity (Wildman–Crippen MR) is 83.6 cm³/mol. The van der Waals surface area contributed by atoms with Crippen molar-refractivity contribution < 1.29 is 4.92 Å². The first-order valence-corrected chi connectivity index (χ1v) is 7.55. The van der Waals surface area contributed by atoms with E-state index < -0.39 is 0 Å². The number of thioether (sulfide) groups is 1. The Balaban J connectivity index is 2.21. The van der Waals surface area contributed by atoms with Gasteiger partial charge in [-0.15, -0.1) is 23.4 Å². The number of aryl methyl sites for hydroxylation is 1. The second-order valence-electron chi connectivity index (χ2n) is 4.43. The van der Waals surface area contributed by atoms with Gasteiger partial charge < -0.3 is 0 Å². The van der Waals surface area contributed by atoms with Crippen LogP contribution in [-0.2, 0) is 0 Å². The van der Waals surface area contributed by atoms with Crippen LogP contribution in [0.3, 0.4) is 0 Å². The van der Waals surface area contributed by atoms with E-state index in [0.29, 0.717) is 5.88 Å². The molecular weight excluding hydrogens is 294 g/mol. The highest BCUT2D eigenvalue weighted by atomic mass is 35.5. The lowest BCUT2D eigenvalue weighted by Crippen LogP contribution is -1.97. The SMILES string of the molecule is Cc1ccc(SC(CCl)c2cccc([N+](=O)[O-])c2)cc1. The van der Waals surface area contributed by atoms with Crippen molar-refractivity contribution in [2.75, 3.05) is 5.88 Å². The molecular formula is C15H14ClNO2S. The van der Waals surface area contributed by atoms with E-state index in [2.05, 4.69) is 0 Å². The molecule has 0 saturated carbocycles. The second kappa shape index (κ2) is 6.77. The van der Waals surface area contributed by atoms with Gasteiger partial charge in [0.25, 0.3) is 5.69 Å². The smallest absolute Gasteiger partial charge is 0.258 e. The maximum absolute atomic E-state index is 10.8. The van der Waals surface area contributed by atoms with Crippen molar-refractivity contribution in [1.82, 2.24) is 0 Å². The number of nitrogens with zero attached hydrogens (tertiary/aromatic N) is 1. The van der Waals surface area contributed by atoms with Crippen molar-refractivity contribution in [3.05, 3.63) is 69.8 Å². The molecule has 2 rings (SSSR count). The Morgan fingerprint density at radius 3 is 2.55 bits per heavy atom. The Morgan fingerprint density at radius 2 is 1.95 bits per heavy atom. The molecule has 2 aromatic rings. The van der Waals surface area contributed by atoms with E-state index in [0.717, 1.165) is 10.5 Å². The molecule has 0 aliphatic carbocycles. The number of non-ortho nitro benzene ring substituents is 1. The van der Waals surface area contributed by atoms with Crippen LogP contribution >= 0.6 is 23.4 Å². The third-order valence-electron chi connectivity index (χ3n) is 2.89. The van der Waals surface area contributed by atoms with E-state index in [1.807, 2.05) is 37.3 Å². The fourth-order valence-corrected chi connectivity index (χ4v) is 3.14. The van der Waals surface area contributed by atoms with Crippen LogP contribution in [0.1, 0.15) is 16.4 Å². The molecule has 0 fully saturated rings. The molecule has 1 atom stereocenters. The Hall–Kier alpha value is -1.52. The molecule has 0 saturated heterocycles. The lowest BCUT2D eigenvalue weighted by molar-refractivity contribution is -0.384. The fraction of sp³-hybridized carbons (Fsp3) is 0.200. The van der Waals surface area contributed by atoms with E-state index in [9.17, 15) is 10.1 Å². The molecule has 0 radical (unpaired) electrons. The minimum absolute atomic E-state index is 0.000673. The Bertz CT molecular complexity index is 601. The minimum atomic E-state index is -0.384. The summed E-state index contributed by atoms with van der Waals surface area (Å²) in [4.78, 5) is 11.5. The molecule has 0 amide bonds. The maximum Gasteiger partial charge on any atom is 0.269 e. The first-order valence-electron chi connectivity index (χ1n) is 6.14. The topological polar surface area (TPSA) is 43.1 Å². The summed E-state index contributed by atoms with van der Waals surface area (Å²) in [5.74, 6) is 0.402. The third-order valence-corrected chi connectivity index (χ3v) is 4.65. The Morgan fingerprint density at radius 1 is 1.25 bits per heavy atom. The number of rotatable bonds is 5. The second-order valence-corrected chi connectivity index (χ2v) is 6.01. The quantitative estimate of drug-likeness (QED) is 0.339. The zero-order chi connectivity index (χ0) is 14.5. The molecule has 0 aliphatic heterocycles. The highest BCUT2D eigenvalue weighted by Gasteiger charge is 2.15. The summed E-state index contributed by atoms with van der Waals surface area (Å²) in [6, 6.07) is 14.8. The van der Waals surface area contributed by atoms with Gasteiger partial charge in [-0.05, 0) is 24.6 Å². The van der Waals surface area contributed by atoms with Gasteiger partial charge in [0.1, 0.15) is 0 Å². The molecule has 5 heteroatoms. The molecule has 0 N–H and O–H groups in total. The normalized spacial score (nSPS) is 12.1. The van der Waals surface area contributed by atoms with E-state index in [4.69, 9.17) is 11.6 Å². The molecule has 104 valence electrons. The summed E-state index contributed by atoms with van der Waals surface area (Å²) in [5.41, 5.74) is 2.18. The van der Waals surface area contributed by atoms with Crippen LogP contribution in [0.5, 0.6) is 0 Å². The maximum atomic E-state index is 10.8. The van der Waals surface area contributed by atoms with E-state index in [-0.39, 0.29) is 15.9 Å². The standard InChI is InChI=1S/C15H14ClNO2S/c1-11-5-7-14(8-6-11)20-15(10-16)12-3-2-4-13(9-12)17(18)19/h2-9,15H,10H2,1H3. The molecule has 1 unspecified atom stereocenters. The lowest BCUT2D eigenvalue weighted by Gasteiger charge is -2.14. The number of nitro groups is 1. The third kappa shape index (κ3) is 3.74. The van der Waals surface area contributed by atoms with Crippen molar-refractivity contribution in [3.8, 4) is 0 Å². The van der Waals surface area contributed by atoms with Crippen molar-refractivity contribution in [2.45, 2.75) is 17.1 Å². The number of hydrogen-bond donors (Lipinski definition) is 0.